The second kappa shape index (κ2) is 13.7. The van der Waals surface area contributed by atoms with Crippen molar-refractivity contribution in [2.24, 2.45) is 0 Å². The number of carbonyl (C=O) groups excluding carboxylic acids is 1. The number of benzene rings is 1. The van der Waals surface area contributed by atoms with Crippen molar-refractivity contribution in [1.82, 2.24) is 14.8 Å². The highest BCUT2D eigenvalue weighted by molar-refractivity contribution is 7.12. The summed E-state index contributed by atoms with van der Waals surface area (Å²) in [4.78, 5) is 52.5. The van der Waals surface area contributed by atoms with Gasteiger partial charge in [-0.05, 0) is 27.9 Å². The number of aliphatic carboxylic acids is 3. The summed E-state index contributed by atoms with van der Waals surface area (Å²) in [5.74, 6) is -4.88. The van der Waals surface area contributed by atoms with Crippen LogP contribution in [0.15, 0.2) is 24.3 Å². The molecule has 0 bridgehead atoms. The average Bonchev–Trinajstić information content (AvgIpc) is 3.11. The van der Waals surface area contributed by atoms with Gasteiger partial charge in [-0.3, -0.25) is 14.4 Å². The van der Waals surface area contributed by atoms with E-state index in [0.29, 0.717) is 6.42 Å². The number of amides is 1. The van der Waals surface area contributed by atoms with E-state index in [4.69, 9.17) is 20.4 Å². The number of nitrogens with zero attached hydrogens (tertiary/aromatic N) is 3. The molecule has 0 aliphatic heterocycles. The summed E-state index contributed by atoms with van der Waals surface area (Å²) in [5.41, 5.74) is 0.514. The van der Waals surface area contributed by atoms with Crippen molar-refractivity contribution in [3.63, 3.8) is 0 Å². The van der Waals surface area contributed by atoms with E-state index in [-0.39, 0.29) is 5.91 Å². The lowest BCUT2D eigenvalue weighted by molar-refractivity contribution is -0.170. The Bertz CT molecular complexity index is 1050. The maximum Gasteiger partial charge on any atom is 0.336 e. The molecule has 0 saturated carbocycles. The second-order valence-electron chi connectivity index (χ2n) is 8.64. The smallest absolute Gasteiger partial charge is 0.336 e. The Morgan fingerprint density at radius 1 is 0.917 bits per heavy atom. The lowest BCUT2D eigenvalue weighted by atomic mass is 9.96. The standard InChI is InChI=1S/C18H25N3OS.C6H8O7/c1-13-6-8-15(9-7-13)18-16(23-14(2)19-18)12-17(22)21(5)11-10-20(3)4;7-3(8)1-6(13,5(11)12)2-4(9)10/h6-9H,10-12H2,1-5H3;13H,1-2H2,(H,7,8)(H,9,10)(H,11,12). The number of aryl methyl sites for hydroxylation is 2. The Morgan fingerprint density at radius 3 is 1.89 bits per heavy atom. The van der Waals surface area contributed by atoms with Crippen LogP contribution in [0.1, 0.15) is 28.3 Å². The molecule has 1 aromatic carbocycles. The van der Waals surface area contributed by atoms with E-state index in [0.717, 1.165) is 34.2 Å². The van der Waals surface area contributed by atoms with Gasteiger partial charge in [0.2, 0.25) is 5.91 Å². The molecule has 0 saturated heterocycles. The Labute approximate surface area is 213 Å². The summed E-state index contributed by atoms with van der Waals surface area (Å²) in [6, 6.07) is 8.32. The van der Waals surface area contributed by atoms with Crippen LogP contribution in [0, 0.1) is 13.8 Å². The molecule has 2 rings (SSSR count). The molecule has 0 atom stereocenters. The number of hydrogen-bond donors (Lipinski definition) is 4. The van der Waals surface area contributed by atoms with Gasteiger partial charge in [-0.15, -0.1) is 11.3 Å². The Hall–Kier alpha value is -3.35. The van der Waals surface area contributed by atoms with Crippen molar-refractivity contribution in [2.45, 2.75) is 38.7 Å². The fourth-order valence-electron chi connectivity index (χ4n) is 2.99. The first-order valence-corrected chi connectivity index (χ1v) is 11.8. The highest BCUT2D eigenvalue weighted by atomic mass is 32.1. The monoisotopic (exact) mass is 523 g/mol. The molecule has 0 aliphatic carbocycles. The quantitative estimate of drug-likeness (QED) is 0.340. The highest BCUT2D eigenvalue weighted by Gasteiger charge is 2.40. The molecule has 0 radical (unpaired) electrons. The normalized spacial score (nSPS) is 11.0. The van der Waals surface area contributed by atoms with E-state index in [2.05, 4.69) is 41.1 Å². The van der Waals surface area contributed by atoms with Gasteiger partial charge in [0, 0.05) is 30.6 Å². The van der Waals surface area contributed by atoms with Crippen molar-refractivity contribution in [3.8, 4) is 11.3 Å². The molecule has 4 N–H and O–H groups in total. The maximum absolute atomic E-state index is 12.5. The predicted molar refractivity (Wildman–Crippen MR) is 134 cm³/mol. The number of aromatic nitrogens is 1. The number of carbonyl (C=O) groups is 4. The first-order valence-electron chi connectivity index (χ1n) is 11.0. The average molecular weight is 524 g/mol. The number of aliphatic hydroxyl groups is 1. The SMILES string of the molecule is Cc1ccc(-c2nc(C)sc2CC(=O)N(C)CCN(C)C)cc1.O=C(O)CC(O)(CC(=O)O)C(=O)O. The molecule has 0 spiro atoms. The third kappa shape index (κ3) is 10.1. The molecule has 198 valence electrons. The van der Waals surface area contributed by atoms with Crippen LogP contribution in [0.5, 0.6) is 0 Å². The van der Waals surface area contributed by atoms with Crippen LogP contribution in [0.25, 0.3) is 11.3 Å². The van der Waals surface area contributed by atoms with Crippen LogP contribution in [0.2, 0.25) is 0 Å². The number of likely N-dealkylation sites (N-methyl/N-ethyl adjacent to an activating group) is 2. The zero-order valence-electron chi connectivity index (χ0n) is 21.0. The molecular weight excluding hydrogens is 490 g/mol. The molecule has 1 aromatic heterocycles. The zero-order chi connectivity index (χ0) is 27.6. The summed E-state index contributed by atoms with van der Waals surface area (Å²) in [6.45, 7) is 5.67. The van der Waals surface area contributed by atoms with Crippen molar-refractivity contribution in [3.05, 3.63) is 39.7 Å². The van der Waals surface area contributed by atoms with Crippen LogP contribution < -0.4 is 0 Å². The number of carboxylic acids is 3. The van der Waals surface area contributed by atoms with E-state index in [1.54, 1.807) is 16.2 Å². The third-order valence-electron chi connectivity index (χ3n) is 5.03. The van der Waals surface area contributed by atoms with Crippen LogP contribution >= 0.6 is 11.3 Å². The third-order valence-corrected chi connectivity index (χ3v) is 6.01. The van der Waals surface area contributed by atoms with Crippen molar-refractivity contribution < 1.29 is 39.6 Å². The molecule has 36 heavy (non-hydrogen) atoms. The number of hydrogen-bond acceptors (Lipinski definition) is 8. The van der Waals surface area contributed by atoms with Crippen LogP contribution in [0.3, 0.4) is 0 Å². The van der Waals surface area contributed by atoms with E-state index in [1.165, 1.54) is 5.56 Å². The maximum atomic E-state index is 12.5. The van der Waals surface area contributed by atoms with Gasteiger partial charge in [-0.25, -0.2) is 9.78 Å². The van der Waals surface area contributed by atoms with Crippen molar-refractivity contribution in [1.29, 1.82) is 0 Å². The molecule has 0 aliphatic rings. The van der Waals surface area contributed by atoms with Gasteiger partial charge in [-0.1, -0.05) is 29.8 Å². The number of rotatable bonds is 11. The van der Waals surface area contributed by atoms with E-state index in [1.807, 2.05) is 28.1 Å². The van der Waals surface area contributed by atoms with E-state index >= 15 is 0 Å². The topological polar surface area (TPSA) is 169 Å². The minimum atomic E-state index is -2.74. The number of thiazole rings is 1. The van der Waals surface area contributed by atoms with E-state index in [9.17, 15) is 19.2 Å². The van der Waals surface area contributed by atoms with E-state index < -0.39 is 36.4 Å². The molecule has 1 amide bonds. The Balaban J connectivity index is 0.000000426. The lowest BCUT2D eigenvalue weighted by Crippen LogP contribution is -2.42. The van der Waals surface area contributed by atoms with Crippen LogP contribution in [-0.4, -0.2) is 98.9 Å². The zero-order valence-corrected chi connectivity index (χ0v) is 21.8. The van der Waals surface area contributed by atoms with Gasteiger partial charge in [0.25, 0.3) is 0 Å². The summed E-state index contributed by atoms with van der Waals surface area (Å²) in [5, 5.41) is 34.8. The van der Waals surface area contributed by atoms with Crippen molar-refractivity contribution >= 4 is 35.2 Å². The predicted octanol–water partition coefficient (Wildman–Crippen LogP) is 1.74. The Morgan fingerprint density at radius 2 is 1.44 bits per heavy atom. The van der Waals surface area contributed by atoms with Crippen LogP contribution in [-0.2, 0) is 25.6 Å². The minimum absolute atomic E-state index is 0.142. The molecule has 0 unspecified atom stereocenters. The lowest BCUT2D eigenvalue weighted by Gasteiger charge is -2.19. The van der Waals surface area contributed by atoms with Gasteiger partial charge in [-0.2, -0.15) is 0 Å². The van der Waals surface area contributed by atoms with Crippen LogP contribution in [0.4, 0.5) is 0 Å². The summed E-state index contributed by atoms with van der Waals surface area (Å²) >= 11 is 1.61. The second-order valence-corrected chi connectivity index (χ2v) is 9.93. The summed E-state index contributed by atoms with van der Waals surface area (Å²) in [7, 11) is 5.89. The molecule has 12 heteroatoms. The molecule has 0 fully saturated rings. The molecular formula is C24H33N3O8S. The molecule has 11 nitrogen and oxygen atoms in total. The first kappa shape index (κ1) is 30.7. The van der Waals surface area contributed by atoms with Gasteiger partial charge < -0.3 is 30.2 Å². The summed E-state index contributed by atoms with van der Waals surface area (Å²) in [6.07, 6.45) is -1.87. The van der Waals surface area contributed by atoms with Gasteiger partial charge in [0.05, 0.1) is 30.0 Å². The Kier molecular flexibility index (Phi) is 11.6. The molecule has 2 aromatic rings. The fourth-order valence-corrected chi connectivity index (χ4v) is 3.94. The van der Waals surface area contributed by atoms with Crippen molar-refractivity contribution in [2.75, 3.05) is 34.2 Å². The number of carboxylic acid groups (broad SMARTS) is 3. The first-order chi connectivity index (χ1) is 16.6. The molecule has 1 heterocycles. The van der Waals surface area contributed by atoms with Gasteiger partial charge in [0.1, 0.15) is 0 Å². The minimum Gasteiger partial charge on any atom is -0.481 e. The van der Waals surface area contributed by atoms with Gasteiger partial charge in [0.15, 0.2) is 5.60 Å². The highest BCUT2D eigenvalue weighted by Crippen LogP contribution is 2.29. The largest absolute Gasteiger partial charge is 0.481 e. The van der Waals surface area contributed by atoms with Gasteiger partial charge >= 0.3 is 17.9 Å². The summed E-state index contributed by atoms with van der Waals surface area (Å²) < 4.78 is 0. The fraction of sp³-hybridized carbons (Fsp3) is 0.458.